The number of carbonyl (C=O) groups is 2. The smallest absolute Gasteiger partial charge is 0.256 e. The first-order valence-electron chi connectivity index (χ1n) is 11.4. The maximum absolute atomic E-state index is 14.7. The topological polar surface area (TPSA) is 102 Å². The molecule has 12 heteroatoms. The number of amides is 2. The van der Waals surface area contributed by atoms with E-state index >= 15 is 0 Å². The Morgan fingerprint density at radius 3 is 2.56 bits per heavy atom. The Balaban J connectivity index is 1.39. The number of benzene rings is 1. The molecule has 2 aliphatic heterocycles. The second-order valence-corrected chi connectivity index (χ2v) is 9.35. The first kappa shape index (κ1) is 25.9. The molecule has 1 unspecified atom stereocenters. The SMILES string of the molecule is Cc1cnc(Nc2c(C(=O)N3CC(C(=O)NOCC4COC(C)(C)O4)C3)cc(F)c(F)c2F)c(C)c1. The number of aryl methyl sites for hydroxylation is 2. The molecule has 4 rings (SSSR count). The molecular weight excluding hydrogens is 481 g/mol. The Morgan fingerprint density at radius 1 is 1.19 bits per heavy atom. The second kappa shape index (κ2) is 10.0. The van der Waals surface area contributed by atoms with Crippen LogP contribution in [-0.4, -0.2) is 59.9 Å². The molecule has 0 spiro atoms. The number of hydroxylamine groups is 1. The molecule has 2 aliphatic rings. The van der Waals surface area contributed by atoms with E-state index in [9.17, 15) is 22.8 Å². The zero-order chi connectivity index (χ0) is 26.2. The van der Waals surface area contributed by atoms with Gasteiger partial charge in [-0.3, -0.25) is 14.4 Å². The number of ether oxygens (including phenoxy) is 2. The van der Waals surface area contributed by atoms with E-state index in [4.69, 9.17) is 14.3 Å². The number of aromatic nitrogens is 1. The van der Waals surface area contributed by atoms with Gasteiger partial charge >= 0.3 is 0 Å². The largest absolute Gasteiger partial charge is 0.348 e. The molecule has 1 aromatic heterocycles. The molecule has 1 atom stereocenters. The van der Waals surface area contributed by atoms with E-state index in [-0.39, 0.29) is 31.6 Å². The Labute approximate surface area is 205 Å². The van der Waals surface area contributed by atoms with E-state index in [1.165, 1.54) is 11.1 Å². The summed E-state index contributed by atoms with van der Waals surface area (Å²) in [6, 6.07) is 2.40. The maximum atomic E-state index is 14.7. The summed E-state index contributed by atoms with van der Waals surface area (Å²) in [5.74, 6) is -7.07. The Morgan fingerprint density at radius 2 is 1.92 bits per heavy atom. The number of hydrogen-bond donors (Lipinski definition) is 2. The minimum absolute atomic E-state index is 0.00797. The first-order valence-corrected chi connectivity index (χ1v) is 11.4. The summed E-state index contributed by atoms with van der Waals surface area (Å²) in [5.41, 5.74) is 2.84. The predicted octanol–water partition coefficient (Wildman–Crippen LogP) is 3.13. The van der Waals surface area contributed by atoms with Crippen LogP contribution in [0, 0.1) is 37.2 Å². The van der Waals surface area contributed by atoms with Gasteiger partial charge in [0.25, 0.3) is 5.91 Å². The van der Waals surface area contributed by atoms with Crippen LogP contribution in [0.3, 0.4) is 0 Å². The van der Waals surface area contributed by atoms with Gasteiger partial charge in [-0.1, -0.05) is 6.07 Å². The third kappa shape index (κ3) is 5.45. The van der Waals surface area contributed by atoms with Crippen LogP contribution in [-0.2, 0) is 19.1 Å². The molecular formula is C24H27F3N4O5. The monoisotopic (exact) mass is 508 g/mol. The maximum Gasteiger partial charge on any atom is 0.256 e. The predicted molar refractivity (Wildman–Crippen MR) is 122 cm³/mol. The standard InChI is InChI=1S/C24H27F3N4O5/c1-12-5-13(2)21(28-7-12)29-20-16(6-17(25)18(26)19(20)27)23(33)31-8-14(9-31)22(32)30-35-11-15-10-34-24(3,4)36-15/h5-7,14-15H,8-11H2,1-4H3,(H,28,29)(H,30,32). The van der Waals surface area contributed by atoms with Crippen molar-refractivity contribution in [2.75, 3.05) is 31.6 Å². The van der Waals surface area contributed by atoms with Crippen molar-refractivity contribution in [2.45, 2.75) is 39.6 Å². The summed E-state index contributed by atoms with van der Waals surface area (Å²) in [5, 5.41) is 2.62. The molecule has 0 bridgehead atoms. The van der Waals surface area contributed by atoms with Crippen molar-refractivity contribution >= 4 is 23.3 Å². The van der Waals surface area contributed by atoms with Gasteiger partial charge in [-0.15, -0.1) is 0 Å². The lowest BCUT2D eigenvalue weighted by molar-refractivity contribution is -0.156. The average molecular weight is 508 g/mol. The third-order valence-corrected chi connectivity index (χ3v) is 5.90. The van der Waals surface area contributed by atoms with Gasteiger partial charge in [0, 0.05) is 19.3 Å². The number of nitrogens with one attached hydrogen (secondary N) is 2. The Bertz CT molecular complexity index is 1190. The molecule has 9 nitrogen and oxygen atoms in total. The lowest BCUT2D eigenvalue weighted by Crippen LogP contribution is -2.56. The van der Waals surface area contributed by atoms with E-state index in [1.807, 2.05) is 6.92 Å². The van der Waals surface area contributed by atoms with Crippen LogP contribution >= 0.6 is 0 Å². The molecule has 2 aromatic rings. The molecule has 0 saturated carbocycles. The van der Waals surface area contributed by atoms with Crippen molar-refractivity contribution < 1.29 is 37.1 Å². The number of likely N-dealkylation sites (tertiary alicyclic amines) is 1. The van der Waals surface area contributed by atoms with Crippen LogP contribution in [0.15, 0.2) is 18.3 Å². The highest BCUT2D eigenvalue weighted by Crippen LogP contribution is 2.31. The summed E-state index contributed by atoms with van der Waals surface area (Å²) >= 11 is 0. The van der Waals surface area contributed by atoms with Crippen molar-refractivity contribution in [3.63, 3.8) is 0 Å². The number of carbonyl (C=O) groups excluding carboxylic acids is 2. The number of hydrogen-bond acceptors (Lipinski definition) is 7. The molecule has 194 valence electrons. The molecule has 0 aliphatic carbocycles. The number of anilines is 2. The van der Waals surface area contributed by atoms with Gasteiger partial charge in [-0.2, -0.15) is 0 Å². The van der Waals surface area contributed by atoms with Crippen LogP contribution in [0.1, 0.15) is 35.3 Å². The molecule has 2 fully saturated rings. The zero-order valence-corrected chi connectivity index (χ0v) is 20.3. The zero-order valence-electron chi connectivity index (χ0n) is 20.3. The second-order valence-electron chi connectivity index (χ2n) is 9.35. The number of nitrogens with zero attached hydrogens (tertiary/aromatic N) is 2. The summed E-state index contributed by atoms with van der Waals surface area (Å²) in [6.45, 7) is 7.45. The molecule has 2 N–H and O–H groups in total. The summed E-state index contributed by atoms with van der Waals surface area (Å²) < 4.78 is 53.7. The van der Waals surface area contributed by atoms with Crippen molar-refractivity contribution in [1.82, 2.24) is 15.4 Å². The van der Waals surface area contributed by atoms with Gasteiger partial charge in [0.05, 0.1) is 23.8 Å². The van der Waals surface area contributed by atoms with E-state index in [0.29, 0.717) is 18.2 Å². The molecule has 3 heterocycles. The molecule has 2 saturated heterocycles. The molecule has 2 amide bonds. The lowest BCUT2D eigenvalue weighted by atomic mass is 9.97. The first-order chi connectivity index (χ1) is 16.9. The van der Waals surface area contributed by atoms with Crippen molar-refractivity contribution in [3.8, 4) is 0 Å². The van der Waals surface area contributed by atoms with Gasteiger partial charge in [0.2, 0.25) is 5.91 Å². The van der Waals surface area contributed by atoms with Gasteiger partial charge in [-0.05, 0) is 44.9 Å². The fourth-order valence-corrected chi connectivity index (χ4v) is 3.97. The highest BCUT2D eigenvalue weighted by atomic mass is 19.2. The number of rotatable bonds is 7. The third-order valence-electron chi connectivity index (χ3n) is 5.90. The van der Waals surface area contributed by atoms with Crippen LogP contribution in [0.4, 0.5) is 24.7 Å². The number of pyridine rings is 1. The summed E-state index contributed by atoms with van der Waals surface area (Å²) in [4.78, 5) is 35.9. The van der Waals surface area contributed by atoms with Crippen molar-refractivity contribution in [1.29, 1.82) is 0 Å². The van der Waals surface area contributed by atoms with Gasteiger partial charge in [-0.25, -0.2) is 23.6 Å². The molecule has 36 heavy (non-hydrogen) atoms. The minimum atomic E-state index is -1.71. The van der Waals surface area contributed by atoms with Crippen LogP contribution in [0.5, 0.6) is 0 Å². The fourth-order valence-electron chi connectivity index (χ4n) is 3.97. The van der Waals surface area contributed by atoms with Crippen LogP contribution in [0.2, 0.25) is 0 Å². The van der Waals surface area contributed by atoms with E-state index in [2.05, 4.69) is 15.8 Å². The van der Waals surface area contributed by atoms with Gasteiger partial charge in [0.1, 0.15) is 18.5 Å². The Hall–Kier alpha value is -3.22. The van der Waals surface area contributed by atoms with Crippen LogP contribution in [0.25, 0.3) is 0 Å². The van der Waals surface area contributed by atoms with E-state index < -0.39 is 52.2 Å². The molecule has 1 aromatic carbocycles. The Kier molecular flexibility index (Phi) is 7.21. The average Bonchev–Trinajstić information content (AvgIpc) is 3.12. The van der Waals surface area contributed by atoms with E-state index in [1.54, 1.807) is 26.8 Å². The minimum Gasteiger partial charge on any atom is -0.348 e. The fraction of sp³-hybridized carbons (Fsp3) is 0.458. The highest BCUT2D eigenvalue weighted by Gasteiger charge is 2.38. The van der Waals surface area contributed by atoms with E-state index in [0.717, 1.165) is 5.56 Å². The summed E-state index contributed by atoms with van der Waals surface area (Å²) in [6.07, 6.45) is 1.18. The van der Waals surface area contributed by atoms with Crippen molar-refractivity contribution in [2.24, 2.45) is 5.92 Å². The molecule has 0 radical (unpaired) electrons. The van der Waals surface area contributed by atoms with Gasteiger partial charge in [0.15, 0.2) is 23.2 Å². The van der Waals surface area contributed by atoms with Gasteiger partial charge < -0.3 is 19.7 Å². The normalized spacial score (nSPS) is 19.2. The summed E-state index contributed by atoms with van der Waals surface area (Å²) in [7, 11) is 0. The van der Waals surface area contributed by atoms with Crippen molar-refractivity contribution in [3.05, 3.63) is 52.5 Å². The quantitative estimate of drug-likeness (QED) is 0.438. The lowest BCUT2D eigenvalue weighted by Gasteiger charge is -2.38. The number of halogens is 3. The highest BCUT2D eigenvalue weighted by molar-refractivity contribution is 6.01. The van der Waals surface area contributed by atoms with Crippen LogP contribution < -0.4 is 10.8 Å².